The van der Waals surface area contributed by atoms with E-state index in [1.54, 1.807) is 0 Å². The third kappa shape index (κ3) is 2.90. The van der Waals surface area contributed by atoms with Crippen LogP contribution in [0.2, 0.25) is 0 Å². The SMILES string of the molecule is CCC(c1nc(C2CCCOC2)no1)C(C)NC. The molecule has 1 aliphatic heterocycles. The molecule has 1 aliphatic rings. The van der Waals surface area contributed by atoms with Gasteiger partial charge in [-0.05, 0) is 33.2 Å². The van der Waals surface area contributed by atoms with Crippen molar-refractivity contribution in [2.24, 2.45) is 0 Å². The molecule has 0 aliphatic carbocycles. The van der Waals surface area contributed by atoms with Crippen LogP contribution in [-0.4, -0.2) is 36.4 Å². The Morgan fingerprint density at radius 2 is 2.33 bits per heavy atom. The summed E-state index contributed by atoms with van der Waals surface area (Å²) in [5, 5.41) is 7.38. The first-order valence-electron chi connectivity index (χ1n) is 6.84. The zero-order chi connectivity index (χ0) is 13.0. The topological polar surface area (TPSA) is 60.2 Å². The molecule has 0 spiro atoms. The average molecular weight is 253 g/mol. The lowest BCUT2D eigenvalue weighted by atomic mass is 9.98. The molecule has 0 amide bonds. The van der Waals surface area contributed by atoms with E-state index in [-0.39, 0.29) is 5.92 Å². The lowest BCUT2D eigenvalue weighted by Gasteiger charge is -2.19. The van der Waals surface area contributed by atoms with Gasteiger partial charge in [0.1, 0.15) is 0 Å². The molecule has 0 radical (unpaired) electrons. The quantitative estimate of drug-likeness (QED) is 0.870. The van der Waals surface area contributed by atoms with Gasteiger partial charge < -0.3 is 14.6 Å². The first-order valence-corrected chi connectivity index (χ1v) is 6.84. The predicted octanol–water partition coefficient (Wildman–Crippen LogP) is 2.07. The zero-order valence-electron chi connectivity index (χ0n) is 11.5. The van der Waals surface area contributed by atoms with Gasteiger partial charge in [0.05, 0.1) is 12.5 Å². The predicted molar refractivity (Wildman–Crippen MR) is 68.6 cm³/mol. The highest BCUT2D eigenvalue weighted by Gasteiger charge is 2.26. The summed E-state index contributed by atoms with van der Waals surface area (Å²) in [6, 6.07) is 0.339. The minimum absolute atomic E-state index is 0.278. The third-order valence-corrected chi connectivity index (χ3v) is 3.80. The highest BCUT2D eigenvalue weighted by Crippen LogP contribution is 2.26. The molecule has 1 saturated heterocycles. The molecule has 3 unspecified atom stereocenters. The van der Waals surface area contributed by atoms with E-state index in [2.05, 4.69) is 29.3 Å². The van der Waals surface area contributed by atoms with Crippen LogP contribution in [-0.2, 0) is 4.74 Å². The average Bonchev–Trinajstić information content (AvgIpc) is 2.90. The van der Waals surface area contributed by atoms with Crippen molar-refractivity contribution < 1.29 is 9.26 Å². The van der Waals surface area contributed by atoms with Crippen molar-refractivity contribution in [2.45, 2.75) is 51.0 Å². The number of aromatic nitrogens is 2. The van der Waals surface area contributed by atoms with Crippen molar-refractivity contribution in [2.75, 3.05) is 20.3 Å². The Balaban J connectivity index is 2.08. The number of rotatable bonds is 5. The van der Waals surface area contributed by atoms with Crippen LogP contribution in [0, 0.1) is 0 Å². The van der Waals surface area contributed by atoms with Gasteiger partial charge in [-0.2, -0.15) is 4.98 Å². The summed E-state index contributed by atoms with van der Waals surface area (Å²) in [5.41, 5.74) is 0. The Morgan fingerprint density at radius 1 is 1.50 bits per heavy atom. The maximum absolute atomic E-state index is 5.47. The molecule has 1 aromatic heterocycles. The summed E-state index contributed by atoms with van der Waals surface area (Å²) < 4.78 is 10.9. The van der Waals surface area contributed by atoms with Gasteiger partial charge in [0.25, 0.3) is 0 Å². The van der Waals surface area contributed by atoms with Gasteiger partial charge >= 0.3 is 0 Å². The Kier molecular flexibility index (Phi) is 4.72. The summed E-state index contributed by atoms with van der Waals surface area (Å²) in [7, 11) is 1.96. The van der Waals surface area contributed by atoms with Crippen LogP contribution < -0.4 is 5.32 Å². The second-order valence-electron chi connectivity index (χ2n) is 5.00. The van der Waals surface area contributed by atoms with E-state index in [9.17, 15) is 0 Å². The first-order chi connectivity index (χ1) is 8.76. The minimum Gasteiger partial charge on any atom is -0.381 e. The van der Waals surface area contributed by atoms with E-state index in [4.69, 9.17) is 9.26 Å². The molecule has 0 aromatic carbocycles. The molecule has 3 atom stereocenters. The van der Waals surface area contributed by atoms with E-state index in [0.29, 0.717) is 12.0 Å². The highest BCUT2D eigenvalue weighted by atomic mass is 16.5. The van der Waals surface area contributed by atoms with Crippen molar-refractivity contribution in [3.8, 4) is 0 Å². The molecule has 1 fully saturated rings. The fourth-order valence-corrected chi connectivity index (χ4v) is 2.45. The van der Waals surface area contributed by atoms with Crippen molar-refractivity contribution in [1.29, 1.82) is 0 Å². The number of hydrogen-bond donors (Lipinski definition) is 1. The zero-order valence-corrected chi connectivity index (χ0v) is 11.5. The van der Waals surface area contributed by atoms with E-state index >= 15 is 0 Å². The lowest BCUT2D eigenvalue weighted by Crippen LogP contribution is -2.28. The largest absolute Gasteiger partial charge is 0.381 e. The number of nitrogens with one attached hydrogen (secondary N) is 1. The van der Waals surface area contributed by atoms with Gasteiger partial charge in [-0.1, -0.05) is 12.1 Å². The molecular weight excluding hydrogens is 230 g/mol. The second kappa shape index (κ2) is 6.29. The van der Waals surface area contributed by atoms with E-state index in [0.717, 1.165) is 44.2 Å². The lowest BCUT2D eigenvalue weighted by molar-refractivity contribution is 0.0773. The maximum Gasteiger partial charge on any atom is 0.231 e. The van der Waals surface area contributed by atoms with Crippen molar-refractivity contribution >= 4 is 0 Å². The molecular formula is C13H23N3O2. The van der Waals surface area contributed by atoms with Crippen LogP contribution in [0.1, 0.15) is 56.7 Å². The Hall–Kier alpha value is -0.940. The molecule has 0 bridgehead atoms. The minimum atomic E-state index is 0.278. The monoisotopic (exact) mass is 253 g/mol. The van der Waals surface area contributed by atoms with Gasteiger partial charge in [0, 0.05) is 18.6 Å². The van der Waals surface area contributed by atoms with Crippen LogP contribution in [0.15, 0.2) is 4.52 Å². The van der Waals surface area contributed by atoms with Gasteiger partial charge in [0.2, 0.25) is 5.89 Å². The summed E-state index contributed by atoms with van der Waals surface area (Å²) >= 11 is 0. The summed E-state index contributed by atoms with van der Waals surface area (Å²) in [6.07, 6.45) is 3.17. The van der Waals surface area contributed by atoms with E-state index in [1.165, 1.54) is 0 Å². The molecule has 1 aromatic rings. The molecule has 0 saturated carbocycles. The number of hydrogen-bond acceptors (Lipinski definition) is 5. The Labute approximate surface area is 108 Å². The summed E-state index contributed by atoms with van der Waals surface area (Å²) in [6.45, 7) is 5.86. The Morgan fingerprint density at radius 3 is 2.94 bits per heavy atom. The first kappa shape index (κ1) is 13.5. The smallest absolute Gasteiger partial charge is 0.231 e. The van der Waals surface area contributed by atoms with Crippen LogP contribution >= 0.6 is 0 Å². The molecule has 2 rings (SSSR count). The van der Waals surface area contributed by atoms with Crippen LogP contribution in [0.5, 0.6) is 0 Å². The van der Waals surface area contributed by atoms with Gasteiger partial charge in [0.15, 0.2) is 5.82 Å². The van der Waals surface area contributed by atoms with Gasteiger partial charge in [-0.15, -0.1) is 0 Å². The second-order valence-corrected chi connectivity index (χ2v) is 5.00. The standard InChI is InChI=1S/C13H23N3O2/c1-4-11(9(2)14-3)13-15-12(16-18-13)10-6-5-7-17-8-10/h9-11,14H,4-8H2,1-3H3. The summed E-state index contributed by atoms with van der Waals surface area (Å²) in [4.78, 5) is 4.58. The highest BCUT2D eigenvalue weighted by molar-refractivity contribution is 5.02. The normalized spacial score (nSPS) is 23.8. The molecule has 2 heterocycles. The Bertz CT molecular complexity index is 361. The van der Waals surface area contributed by atoms with Crippen LogP contribution in [0.3, 0.4) is 0 Å². The number of likely N-dealkylation sites (N-methyl/N-ethyl adjacent to an activating group) is 1. The fourth-order valence-electron chi connectivity index (χ4n) is 2.45. The fraction of sp³-hybridized carbons (Fsp3) is 0.846. The molecule has 5 heteroatoms. The molecule has 102 valence electrons. The van der Waals surface area contributed by atoms with Crippen molar-refractivity contribution in [3.05, 3.63) is 11.7 Å². The number of ether oxygens (including phenoxy) is 1. The molecule has 5 nitrogen and oxygen atoms in total. The third-order valence-electron chi connectivity index (χ3n) is 3.80. The summed E-state index contributed by atoms with van der Waals surface area (Å²) in [5.74, 6) is 2.14. The van der Waals surface area contributed by atoms with Crippen molar-refractivity contribution in [1.82, 2.24) is 15.5 Å². The van der Waals surface area contributed by atoms with Crippen LogP contribution in [0.4, 0.5) is 0 Å². The van der Waals surface area contributed by atoms with Crippen LogP contribution in [0.25, 0.3) is 0 Å². The van der Waals surface area contributed by atoms with Gasteiger partial charge in [-0.3, -0.25) is 0 Å². The number of nitrogens with zero attached hydrogens (tertiary/aromatic N) is 2. The van der Waals surface area contributed by atoms with Crippen molar-refractivity contribution in [3.63, 3.8) is 0 Å². The van der Waals surface area contributed by atoms with E-state index in [1.807, 2.05) is 7.05 Å². The maximum atomic E-state index is 5.47. The van der Waals surface area contributed by atoms with Gasteiger partial charge in [-0.25, -0.2) is 0 Å². The molecule has 18 heavy (non-hydrogen) atoms. The molecule has 1 N–H and O–H groups in total. The van der Waals surface area contributed by atoms with E-state index < -0.39 is 0 Å².